The SMILES string of the molecule is CC(C)C(C(=O)N1CCC(C(=O)O)(C(C)C)C1)N1CCCS1(=O)=O. The monoisotopic (exact) mass is 360 g/mol. The molecule has 2 heterocycles. The molecule has 0 spiro atoms. The summed E-state index contributed by atoms with van der Waals surface area (Å²) in [6, 6.07) is -0.741. The van der Waals surface area contributed by atoms with E-state index in [4.69, 9.17) is 0 Å². The highest BCUT2D eigenvalue weighted by Crippen LogP contribution is 2.39. The Hall–Kier alpha value is -1.15. The Morgan fingerprint density at radius 2 is 1.75 bits per heavy atom. The molecule has 0 aliphatic carbocycles. The molecule has 1 N–H and O–H groups in total. The summed E-state index contributed by atoms with van der Waals surface area (Å²) >= 11 is 0. The molecule has 2 saturated heterocycles. The normalized spacial score (nSPS) is 28.7. The van der Waals surface area contributed by atoms with Gasteiger partial charge >= 0.3 is 5.97 Å². The van der Waals surface area contributed by atoms with Crippen LogP contribution in [0.5, 0.6) is 0 Å². The Morgan fingerprint density at radius 3 is 2.12 bits per heavy atom. The number of hydrogen-bond acceptors (Lipinski definition) is 4. The van der Waals surface area contributed by atoms with Gasteiger partial charge in [0, 0.05) is 19.6 Å². The van der Waals surface area contributed by atoms with Gasteiger partial charge in [-0.05, 0) is 24.7 Å². The van der Waals surface area contributed by atoms with Crippen molar-refractivity contribution in [1.82, 2.24) is 9.21 Å². The molecule has 0 bridgehead atoms. The van der Waals surface area contributed by atoms with Gasteiger partial charge in [0.25, 0.3) is 0 Å². The van der Waals surface area contributed by atoms with Crippen molar-refractivity contribution in [2.45, 2.75) is 46.6 Å². The van der Waals surface area contributed by atoms with Crippen LogP contribution in [0.4, 0.5) is 0 Å². The van der Waals surface area contributed by atoms with Crippen LogP contribution in [0, 0.1) is 17.3 Å². The minimum Gasteiger partial charge on any atom is -0.481 e. The van der Waals surface area contributed by atoms with Crippen LogP contribution in [0.3, 0.4) is 0 Å². The van der Waals surface area contributed by atoms with Gasteiger partial charge in [-0.3, -0.25) is 9.59 Å². The number of amides is 1. The highest BCUT2D eigenvalue weighted by atomic mass is 32.2. The Bertz CT molecular complexity index is 616. The maximum absolute atomic E-state index is 13.0. The zero-order chi connectivity index (χ0) is 18.3. The standard InChI is InChI=1S/C16H28N2O5S/c1-11(2)13(18-7-5-9-24(18,22)23)14(19)17-8-6-16(10-17,12(3)4)15(20)21/h11-13H,5-10H2,1-4H3,(H,20,21). The Balaban J connectivity index is 2.25. The predicted octanol–water partition coefficient (Wildman–Crippen LogP) is 1.01. The zero-order valence-corrected chi connectivity index (χ0v) is 15.7. The molecule has 0 radical (unpaired) electrons. The van der Waals surface area contributed by atoms with E-state index < -0.39 is 27.4 Å². The lowest BCUT2D eigenvalue weighted by Crippen LogP contribution is -2.52. The fraction of sp³-hybridized carbons (Fsp3) is 0.875. The van der Waals surface area contributed by atoms with Crippen molar-refractivity contribution in [3.8, 4) is 0 Å². The Kier molecular flexibility index (Phi) is 5.30. The van der Waals surface area contributed by atoms with E-state index >= 15 is 0 Å². The number of rotatable bonds is 5. The number of carbonyl (C=O) groups excluding carboxylic acids is 1. The molecule has 2 atom stereocenters. The van der Waals surface area contributed by atoms with Gasteiger partial charge in [-0.25, -0.2) is 8.42 Å². The van der Waals surface area contributed by atoms with Crippen LogP contribution in [0.15, 0.2) is 0 Å². The largest absolute Gasteiger partial charge is 0.481 e. The van der Waals surface area contributed by atoms with Crippen molar-refractivity contribution in [3.05, 3.63) is 0 Å². The lowest BCUT2D eigenvalue weighted by atomic mass is 9.76. The van der Waals surface area contributed by atoms with Gasteiger partial charge in [0.1, 0.15) is 6.04 Å². The summed E-state index contributed by atoms with van der Waals surface area (Å²) in [5, 5.41) is 9.63. The lowest BCUT2D eigenvalue weighted by molar-refractivity contribution is -0.151. The van der Waals surface area contributed by atoms with Gasteiger partial charge in [0.15, 0.2) is 0 Å². The number of carbonyl (C=O) groups is 2. The first-order valence-electron chi connectivity index (χ1n) is 8.54. The molecule has 2 rings (SSSR count). The van der Waals surface area contributed by atoms with Crippen LogP contribution < -0.4 is 0 Å². The fourth-order valence-corrected chi connectivity index (χ4v) is 5.63. The average Bonchev–Trinajstić information content (AvgIpc) is 3.04. The van der Waals surface area contributed by atoms with Crippen molar-refractivity contribution in [1.29, 1.82) is 0 Å². The summed E-state index contributed by atoms with van der Waals surface area (Å²) in [6.45, 7) is 8.24. The number of sulfonamides is 1. The molecule has 7 nitrogen and oxygen atoms in total. The van der Waals surface area contributed by atoms with Crippen molar-refractivity contribution in [2.75, 3.05) is 25.4 Å². The van der Waals surface area contributed by atoms with Gasteiger partial charge in [-0.2, -0.15) is 4.31 Å². The molecule has 138 valence electrons. The number of nitrogens with zero attached hydrogens (tertiary/aromatic N) is 2. The summed E-state index contributed by atoms with van der Waals surface area (Å²) in [4.78, 5) is 26.3. The van der Waals surface area contributed by atoms with Crippen LogP contribution in [0.1, 0.15) is 40.5 Å². The van der Waals surface area contributed by atoms with E-state index in [9.17, 15) is 23.1 Å². The fourth-order valence-electron chi connectivity index (χ4n) is 3.81. The minimum absolute atomic E-state index is 0.0779. The number of likely N-dealkylation sites (tertiary alicyclic amines) is 1. The first kappa shape index (κ1) is 19.2. The van der Waals surface area contributed by atoms with E-state index in [0.29, 0.717) is 25.9 Å². The van der Waals surface area contributed by atoms with Crippen molar-refractivity contribution < 1.29 is 23.1 Å². The van der Waals surface area contributed by atoms with Crippen LogP contribution in [-0.2, 0) is 19.6 Å². The summed E-state index contributed by atoms with van der Waals surface area (Å²) in [5.41, 5.74) is -0.943. The van der Waals surface area contributed by atoms with Crippen LogP contribution in [0.25, 0.3) is 0 Å². The second-order valence-corrected chi connectivity index (χ2v) is 9.64. The third-order valence-corrected chi connectivity index (χ3v) is 7.41. The van der Waals surface area contributed by atoms with Gasteiger partial charge in [-0.1, -0.05) is 27.7 Å². The molecule has 0 aromatic rings. The van der Waals surface area contributed by atoms with Gasteiger partial charge < -0.3 is 10.0 Å². The van der Waals surface area contributed by atoms with Crippen LogP contribution in [0.2, 0.25) is 0 Å². The van der Waals surface area contributed by atoms with Crippen molar-refractivity contribution in [2.24, 2.45) is 17.3 Å². The van der Waals surface area contributed by atoms with Gasteiger partial charge in [0.2, 0.25) is 15.9 Å². The summed E-state index contributed by atoms with van der Waals surface area (Å²) in [7, 11) is -3.40. The first-order valence-corrected chi connectivity index (χ1v) is 10.2. The van der Waals surface area contributed by atoms with Gasteiger partial charge in [0.05, 0.1) is 11.2 Å². The second kappa shape index (κ2) is 6.63. The highest BCUT2D eigenvalue weighted by Gasteiger charge is 2.51. The first-order chi connectivity index (χ1) is 11.0. The minimum atomic E-state index is -3.40. The summed E-state index contributed by atoms with van der Waals surface area (Å²) in [5.74, 6) is -1.33. The lowest BCUT2D eigenvalue weighted by Gasteiger charge is -2.33. The highest BCUT2D eigenvalue weighted by molar-refractivity contribution is 7.89. The topological polar surface area (TPSA) is 95.0 Å². The molecular weight excluding hydrogens is 332 g/mol. The number of aliphatic carboxylic acids is 1. The quantitative estimate of drug-likeness (QED) is 0.789. The van der Waals surface area contributed by atoms with E-state index in [1.807, 2.05) is 27.7 Å². The zero-order valence-electron chi connectivity index (χ0n) is 14.9. The van der Waals surface area contributed by atoms with Gasteiger partial charge in [-0.15, -0.1) is 0 Å². The molecule has 2 fully saturated rings. The van der Waals surface area contributed by atoms with Crippen molar-refractivity contribution in [3.63, 3.8) is 0 Å². The molecule has 8 heteroatoms. The average molecular weight is 360 g/mol. The van der Waals surface area contributed by atoms with Crippen LogP contribution >= 0.6 is 0 Å². The van der Waals surface area contributed by atoms with E-state index in [0.717, 1.165) is 0 Å². The smallest absolute Gasteiger partial charge is 0.311 e. The molecule has 0 aromatic carbocycles. The number of carboxylic acids is 1. The molecule has 2 aliphatic heterocycles. The molecule has 2 unspecified atom stereocenters. The van der Waals surface area contributed by atoms with E-state index in [1.165, 1.54) is 4.31 Å². The van der Waals surface area contributed by atoms with Crippen molar-refractivity contribution >= 4 is 21.9 Å². The van der Waals surface area contributed by atoms with E-state index in [-0.39, 0.29) is 30.0 Å². The van der Waals surface area contributed by atoms with Crippen LogP contribution in [-0.4, -0.2) is 66.0 Å². The maximum atomic E-state index is 13.0. The third-order valence-electron chi connectivity index (χ3n) is 5.48. The molecule has 2 aliphatic rings. The summed E-state index contributed by atoms with van der Waals surface area (Å²) < 4.78 is 25.8. The molecule has 0 aromatic heterocycles. The number of hydrogen-bond donors (Lipinski definition) is 1. The molecule has 0 saturated carbocycles. The second-order valence-electron chi connectivity index (χ2n) is 7.59. The van der Waals surface area contributed by atoms with E-state index in [2.05, 4.69) is 0 Å². The molecule has 24 heavy (non-hydrogen) atoms. The Labute approximate surface area is 144 Å². The summed E-state index contributed by atoms with van der Waals surface area (Å²) in [6.07, 6.45) is 0.938. The predicted molar refractivity (Wildman–Crippen MR) is 89.8 cm³/mol. The number of carboxylic acid groups (broad SMARTS) is 1. The maximum Gasteiger partial charge on any atom is 0.311 e. The van der Waals surface area contributed by atoms with E-state index in [1.54, 1.807) is 4.90 Å². The molecule has 1 amide bonds. The third kappa shape index (κ3) is 3.18. The molecular formula is C16H28N2O5S. The Morgan fingerprint density at radius 1 is 1.12 bits per heavy atom.